The second kappa shape index (κ2) is 7.40. The van der Waals surface area contributed by atoms with Crippen LogP contribution >= 0.6 is 0 Å². The van der Waals surface area contributed by atoms with E-state index in [1.165, 1.54) is 18.3 Å². The maximum Gasteiger partial charge on any atom is 0.250 e. The maximum absolute atomic E-state index is 13.3. The summed E-state index contributed by atoms with van der Waals surface area (Å²) in [7, 11) is 0. The van der Waals surface area contributed by atoms with Crippen LogP contribution in [0.5, 0.6) is 5.88 Å². The molecule has 2 aromatic rings. The van der Waals surface area contributed by atoms with Gasteiger partial charge in [-0.3, -0.25) is 0 Å². The topological polar surface area (TPSA) is 72.5 Å². The van der Waals surface area contributed by atoms with E-state index in [-0.39, 0.29) is 18.4 Å². The number of guanidine groups is 1. The molecule has 0 saturated heterocycles. The molecule has 1 aromatic carbocycles. The van der Waals surface area contributed by atoms with Gasteiger partial charge in [-0.1, -0.05) is 6.07 Å². The fraction of sp³-hybridized carbons (Fsp3) is 0.250. The predicted octanol–water partition coefficient (Wildman–Crippen LogP) is 2.64. The maximum atomic E-state index is 13.3. The smallest absolute Gasteiger partial charge is 0.250 e. The monoisotopic (exact) mass is 302 g/mol. The second-order valence-corrected chi connectivity index (χ2v) is 4.91. The molecule has 5 nitrogen and oxygen atoms in total. The van der Waals surface area contributed by atoms with Gasteiger partial charge in [0.25, 0.3) is 0 Å². The molecule has 116 valence electrons. The fourth-order valence-electron chi connectivity index (χ4n) is 2.02. The minimum atomic E-state index is -0.493. The van der Waals surface area contributed by atoms with Crippen molar-refractivity contribution in [1.82, 2.24) is 4.98 Å². The zero-order valence-electron chi connectivity index (χ0n) is 12.6. The van der Waals surface area contributed by atoms with E-state index in [4.69, 9.17) is 10.5 Å². The van der Waals surface area contributed by atoms with E-state index < -0.39 is 5.82 Å². The summed E-state index contributed by atoms with van der Waals surface area (Å²) in [5.41, 5.74) is 8.98. The average Bonchev–Trinajstić information content (AvgIpc) is 2.44. The molecule has 1 aromatic heterocycles. The van der Waals surface area contributed by atoms with Crippen LogP contribution in [0.2, 0.25) is 0 Å². The van der Waals surface area contributed by atoms with Crippen LogP contribution < -0.4 is 15.8 Å². The lowest BCUT2D eigenvalue weighted by atomic mass is 10.1. The highest BCUT2D eigenvalue weighted by Gasteiger charge is 2.02. The van der Waals surface area contributed by atoms with E-state index in [1.54, 1.807) is 0 Å². The van der Waals surface area contributed by atoms with E-state index in [0.29, 0.717) is 6.54 Å². The molecule has 0 atom stereocenters. The number of hydrogen-bond acceptors (Lipinski definition) is 3. The molecule has 0 saturated carbocycles. The van der Waals surface area contributed by atoms with E-state index >= 15 is 0 Å². The number of aryl methyl sites for hydroxylation is 2. The number of nitrogens with one attached hydrogen (secondary N) is 1. The van der Waals surface area contributed by atoms with Gasteiger partial charge in [0.2, 0.25) is 5.88 Å². The molecule has 0 radical (unpaired) electrons. The van der Waals surface area contributed by atoms with Crippen LogP contribution in [0.3, 0.4) is 0 Å². The number of aliphatic imine (C=N–C) groups is 1. The number of halogens is 1. The van der Waals surface area contributed by atoms with Gasteiger partial charge in [-0.05, 0) is 49.2 Å². The standard InChI is InChI=1S/C16H19FN4O/c1-11-8-12(2)10-13(9-11)21-16(18)20-6-7-22-15-14(17)4-3-5-19-15/h3-5,8-10H,6-7H2,1-2H3,(H3,18,20,21). The van der Waals surface area contributed by atoms with Gasteiger partial charge in [-0.15, -0.1) is 0 Å². The molecule has 0 unspecified atom stereocenters. The lowest BCUT2D eigenvalue weighted by Crippen LogP contribution is -2.23. The molecule has 0 fully saturated rings. The molecule has 0 bridgehead atoms. The van der Waals surface area contributed by atoms with E-state index in [1.807, 2.05) is 26.0 Å². The largest absolute Gasteiger partial charge is 0.474 e. The van der Waals surface area contributed by atoms with Gasteiger partial charge in [0.15, 0.2) is 11.8 Å². The van der Waals surface area contributed by atoms with Crippen LogP contribution in [0.15, 0.2) is 41.5 Å². The van der Waals surface area contributed by atoms with Crippen molar-refractivity contribution in [3.63, 3.8) is 0 Å². The summed E-state index contributed by atoms with van der Waals surface area (Å²) >= 11 is 0. The molecular weight excluding hydrogens is 283 g/mol. The van der Waals surface area contributed by atoms with Crippen molar-refractivity contribution in [1.29, 1.82) is 0 Å². The van der Waals surface area contributed by atoms with Gasteiger partial charge in [0.1, 0.15) is 6.61 Å². The van der Waals surface area contributed by atoms with Gasteiger partial charge in [0.05, 0.1) is 6.54 Å². The summed E-state index contributed by atoms with van der Waals surface area (Å²) in [6, 6.07) is 8.84. The van der Waals surface area contributed by atoms with Crippen LogP contribution in [-0.4, -0.2) is 24.1 Å². The zero-order chi connectivity index (χ0) is 15.9. The van der Waals surface area contributed by atoms with Gasteiger partial charge < -0.3 is 15.8 Å². The Morgan fingerprint density at radius 2 is 2.05 bits per heavy atom. The molecule has 0 aliphatic carbocycles. The molecule has 3 N–H and O–H groups in total. The molecule has 0 aliphatic rings. The van der Waals surface area contributed by atoms with Crippen molar-refractivity contribution in [2.24, 2.45) is 10.7 Å². The lowest BCUT2D eigenvalue weighted by molar-refractivity contribution is 0.298. The number of rotatable bonds is 5. The van der Waals surface area contributed by atoms with Crippen molar-refractivity contribution in [3.05, 3.63) is 53.5 Å². The summed E-state index contributed by atoms with van der Waals surface area (Å²) in [5.74, 6) is -0.235. The van der Waals surface area contributed by atoms with Gasteiger partial charge in [-0.25, -0.2) is 14.4 Å². The normalized spacial score (nSPS) is 11.3. The first kappa shape index (κ1) is 15.8. The number of ether oxygens (including phenoxy) is 1. The fourth-order valence-corrected chi connectivity index (χ4v) is 2.02. The Bertz CT molecular complexity index is 653. The number of aromatic nitrogens is 1. The zero-order valence-corrected chi connectivity index (χ0v) is 12.6. The summed E-state index contributed by atoms with van der Waals surface area (Å²) in [5, 5.41) is 3.02. The first-order valence-corrected chi connectivity index (χ1v) is 6.93. The average molecular weight is 302 g/mol. The highest BCUT2D eigenvalue weighted by molar-refractivity contribution is 5.92. The SMILES string of the molecule is Cc1cc(C)cc(NC(N)=NCCOc2ncccc2F)c1. The molecule has 0 aliphatic heterocycles. The molecule has 0 spiro atoms. The Labute approximate surface area is 129 Å². The van der Waals surface area contributed by atoms with Crippen LogP contribution in [0.4, 0.5) is 10.1 Å². The number of anilines is 1. The van der Waals surface area contributed by atoms with Crippen LogP contribution in [0, 0.1) is 19.7 Å². The number of benzene rings is 1. The van der Waals surface area contributed by atoms with Crippen LogP contribution in [0.1, 0.15) is 11.1 Å². The van der Waals surface area contributed by atoms with Crippen LogP contribution in [-0.2, 0) is 0 Å². The summed E-state index contributed by atoms with van der Waals surface area (Å²) in [6.45, 7) is 4.53. The summed E-state index contributed by atoms with van der Waals surface area (Å²) in [6.07, 6.45) is 1.47. The van der Waals surface area contributed by atoms with Gasteiger partial charge in [0, 0.05) is 11.9 Å². The van der Waals surface area contributed by atoms with Crippen molar-refractivity contribution < 1.29 is 9.13 Å². The molecular formula is C16H19FN4O. The molecule has 1 heterocycles. The van der Waals surface area contributed by atoms with Crippen molar-refractivity contribution in [2.45, 2.75) is 13.8 Å². The molecule has 0 amide bonds. The third-order valence-corrected chi connectivity index (χ3v) is 2.83. The molecule has 2 rings (SSSR count). The minimum absolute atomic E-state index is 0.0291. The first-order chi connectivity index (χ1) is 10.5. The Balaban J connectivity index is 1.84. The highest BCUT2D eigenvalue weighted by atomic mass is 19.1. The van der Waals surface area contributed by atoms with Crippen molar-refractivity contribution >= 4 is 11.6 Å². The second-order valence-electron chi connectivity index (χ2n) is 4.91. The lowest BCUT2D eigenvalue weighted by Gasteiger charge is -2.08. The number of nitrogens with zero attached hydrogens (tertiary/aromatic N) is 2. The highest BCUT2D eigenvalue weighted by Crippen LogP contribution is 2.13. The van der Waals surface area contributed by atoms with E-state index in [9.17, 15) is 4.39 Å². The molecule has 22 heavy (non-hydrogen) atoms. The third kappa shape index (κ3) is 4.73. The summed E-state index contributed by atoms with van der Waals surface area (Å²) < 4.78 is 18.5. The third-order valence-electron chi connectivity index (χ3n) is 2.83. The predicted molar refractivity (Wildman–Crippen MR) is 85.7 cm³/mol. The van der Waals surface area contributed by atoms with Crippen LogP contribution in [0.25, 0.3) is 0 Å². The number of hydrogen-bond donors (Lipinski definition) is 2. The summed E-state index contributed by atoms with van der Waals surface area (Å²) in [4.78, 5) is 7.92. The van der Waals surface area contributed by atoms with E-state index in [2.05, 4.69) is 21.4 Å². The van der Waals surface area contributed by atoms with Gasteiger partial charge >= 0.3 is 0 Å². The van der Waals surface area contributed by atoms with Crippen molar-refractivity contribution in [3.8, 4) is 5.88 Å². The minimum Gasteiger partial charge on any atom is -0.474 e. The first-order valence-electron chi connectivity index (χ1n) is 6.93. The Kier molecular flexibility index (Phi) is 5.30. The Hall–Kier alpha value is -2.63. The number of pyridine rings is 1. The Morgan fingerprint density at radius 1 is 1.32 bits per heavy atom. The van der Waals surface area contributed by atoms with E-state index in [0.717, 1.165) is 16.8 Å². The number of nitrogens with two attached hydrogens (primary N) is 1. The quantitative estimate of drug-likeness (QED) is 0.506. The molecule has 6 heteroatoms. The van der Waals surface area contributed by atoms with Gasteiger partial charge in [-0.2, -0.15) is 0 Å². The van der Waals surface area contributed by atoms with Crippen molar-refractivity contribution in [2.75, 3.05) is 18.5 Å². The Morgan fingerprint density at radius 3 is 2.73 bits per heavy atom.